The summed E-state index contributed by atoms with van der Waals surface area (Å²) in [6, 6.07) is -0.652. The lowest BCUT2D eigenvalue weighted by Gasteiger charge is -2.23. The van der Waals surface area contributed by atoms with Gasteiger partial charge in [-0.3, -0.25) is 4.79 Å². The summed E-state index contributed by atoms with van der Waals surface area (Å²) in [4.78, 5) is 12.4. The second-order valence-electron chi connectivity index (χ2n) is 15.7. The summed E-state index contributed by atoms with van der Waals surface area (Å²) < 4.78 is 0. The largest absolute Gasteiger partial charge is 0.394 e. The smallest absolute Gasteiger partial charge is 0.222 e. The molecule has 0 aliphatic carbocycles. The Kier molecular flexibility index (Phi) is 39.6. The number of unbranched alkanes of at least 4 members (excludes halogenated alkanes) is 32. The van der Waals surface area contributed by atoms with E-state index in [1.54, 1.807) is 0 Å². The van der Waals surface area contributed by atoms with Gasteiger partial charge in [-0.2, -0.15) is 0 Å². The molecule has 1 amide bonds. The van der Waals surface area contributed by atoms with Crippen LogP contribution in [0.25, 0.3) is 0 Å². The van der Waals surface area contributed by atoms with Gasteiger partial charge in [0.05, 0.1) is 31.3 Å². The number of aliphatic hydroxyl groups is 3. The summed E-state index contributed by atoms with van der Waals surface area (Å²) in [5.41, 5.74) is 0. The van der Waals surface area contributed by atoms with Crippen LogP contribution in [0, 0.1) is 0 Å². The summed E-state index contributed by atoms with van der Waals surface area (Å²) in [7, 11) is 0. The third kappa shape index (κ3) is 36.9. The van der Waals surface area contributed by atoms with Gasteiger partial charge in [0.2, 0.25) is 5.91 Å². The van der Waals surface area contributed by atoms with Gasteiger partial charge in [-0.05, 0) is 12.8 Å². The van der Waals surface area contributed by atoms with Crippen molar-refractivity contribution >= 4 is 5.91 Å². The second-order valence-corrected chi connectivity index (χ2v) is 15.7. The second kappa shape index (κ2) is 40.1. The van der Waals surface area contributed by atoms with Crippen LogP contribution < -0.4 is 5.32 Å². The molecule has 0 aromatic heterocycles. The Morgan fingerprint density at radius 1 is 0.429 bits per heavy atom. The van der Waals surface area contributed by atoms with Gasteiger partial charge >= 0.3 is 0 Å². The molecule has 0 bridgehead atoms. The van der Waals surface area contributed by atoms with Gasteiger partial charge in [0.15, 0.2) is 0 Å². The highest BCUT2D eigenvalue weighted by Crippen LogP contribution is 2.17. The summed E-state index contributed by atoms with van der Waals surface area (Å²) in [6.07, 6.45) is 45.0. The highest BCUT2D eigenvalue weighted by atomic mass is 16.3. The van der Waals surface area contributed by atoms with Crippen LogP contribution in [0.2, 0.25) is 0 Å². The Morgan fingerprint density at radius 2 is 0.694 bits per heavy atom. The van der Waals surface area contributed by atoms with Crippen molar-refractivity contribution in [2.45, 2.75) is 270 Å². The van der Waals surface area contributed by atoms with Crippen LogP contribution in [0.1, 0.15) is 251 Å². The number of rotatable bonds is 41. The van der Waals surface area contributed by atoms with Gasteiger partial charge in [-0.15, -0.1) is 0 Å². The quantitative estimate of drug-likeness (QED) is 0.0479. The number of carbonyl (C=O) groups is 1. The van der Waals surface area contributed by atoms with Crippen molar-refractivity contribution in [3.05, 3.63) is 0 Å². The normalized spacial score (nSPS) is 13.5. The summed E-state index contributed by atoms with van der Waals surface area (Å²) in [6.45, 7) is 4.28. The fourth-order valence-corrected chi connectivity index (χ4v) is 7.23. The molecule has 0 radical (unpaired) electrons. The topological polar surface area (TPSA) is 89.8 Å². The highest BCUT2D eigenvalue weighted by molar-refractivity contribution is 5.76. The monoisotopic (exact) mass is 696 g/mol. The molecule has 0 aromatic carbocycles. The maximum Gasteiger partial charge on any atom is 0.222 e. The molecule has 0 aliphatic heterocycles. The Hall–Kier alpha value is -0.650. The molecular weight excluding hydrogens is 606 g/mol. The van der Waals surface area contributed by atoms with Crippen molar-refractivity contribution in [2.24, 2.45) is 0 Å². The Morgan fingerprint density at radius 3 is 0.980 bits per heavy atom. The lowest BCUT2D eigenvalue weighted by atomic mass is 10.0. The van der Waals surface area contributed by atoms with E-state index in [2.05, 4.69) is 19.2 Å². The average Bonchev–Trinajstić information content (AvgIpc) is 3.09. The van der Waals surface area contributed by atoms with Crippen LogP contribution in [0.4, 0.5) is 0 Å². The van der Waals surface area contributed by atoms with Gasteiger partial charge in [0.1, 0.15) is 0 Å². The zero-order valence-corrected chi connectivity index (χ0v) is 33.4. The Bertz CT molecular complexity index is 644. The number of hydrogen-bond acceptors (Lipinski definition) is 4. The lowest BCUT2D eigenvalue weighted by molar-refractivity contribution is -0.125. The van der Waals surface area contributed by atoms with E-state index < -0.39 is 18.2 Å². The summed E-state index contributed by atoms with van der Waals surface area (Å²) in [5, 5.41) is 33.4. The van der Waals surface area contributed by atoms with Crippen LogP contribution in [-0.2, 0) is 4.79 Å². The first-order valence-corrected chi connectivity index (χ1v) is 22.3. The Balaban J connectivity index is 3.58. The zero-order chi connectivity index (χ0) is 35.9. The molecule has 0 fully saturated rings. The molecule has 4 N–H and O–H groups in total. The van der Waals surface area contributed by atoms with Crippen molar-refractivity contribution < 1.29 is 20.1 Å². The Labute approximate surface area is 307 Å². The number of amides is 1. The molecule has 0 aliphatic rings. The van der Waals surface area contributed by atoms with Crippen LogP contribution in [0.15, 0.2) is 0 Å². The maximum atomic E-state index is 12.4. The van der Waals surface area contributed by atoms with Crippen molar-refractivity contribution in [1.29, 1.82) is 0 Å². The number of aliphatic hydroxyl groups excluding tert-OH is 3. The zero-order valence-electron chi connectivity index (χ0n) is 33.4. The van der Waals surface area contributed by atoms with Crippen LogP contribution in [0.3, 0.4) is 0 Å². The predicted octanol–water partition coefficient (Wildman–Crippen LogP) is 12.7. The van der Waals surface area contributed by atoms with Gasteiger partial charge in [-0.25, -0.2) is 0 Å². The third-order valence-corrected chi connectivity index (χ3v) is 10.7. The fraction of sp³-hybridized carbons (Fsp3) is 0.977. The first-order chi connectivity index (χ1) is 24.0. The van der Waals surface area contributed by atoms with Gasteiger partial charge < -0.3 is 20.6 Å². The minimum Gasteiger partial charge on any atom is -0.394 e. The van der Waals surface area contributed by atoms with Crippen molar-refractivity contribution in [3.8, 4) is 0 Å². The minimum absolute atomic E-state index is 0.0429. The molecule has 0 heterocycles. The molecule has 3 atom stereocenters. The highest BCUT2D eigenvalue weighted by Gasteiger charge is 2.21. The summed E-state index contributed by atoms with van der Waals surface area (Å²) in [5.74, 6) is -0.278. The van der Waals surface area contributed by atoms with E-state index in [1.807, 2.05) is 0 Å². The summed E-state index contributed by atoms with van der Waals surface area (Å²) >= 11 is 0. The fourth-order valence-electron chi connectivity index (χ4n) is 7.23. The van der Waals surface area contributed by atoms with E-state index in [-0.39, 0.29) is 18.9 Å². The van der Waals surface area contributed by atoms with Gasteiger partial charge in [-0.1, -0.05) is 232 Å². The van der Waals surface area contributed by atoms with E-state index in [1.165, 1.54) is 193 Å². The predicted molar refractivity (Wildman–Crippen MR) is 213 cm³/mol. The van der Waals surface area contributed by atoms with Crippen molar-refractivity contribution in [1.82, 2.24) is 5.32 Å². The van der Waals surface area contributed by atoms with E-state index >= 15 is 0 Å². The maximum absolute atomic E-state index is 12.4. The molecule has 0 spiro atoms. The van der Waals surface area contributed by atoms with Gasteiger partial charge in [0.25, 0.3) is 0 Å². The molecule has 294 valence electrons. The molecule has 3 unspecified atom stereocenters. The van der Waals surface area contributed by atoms with E-state index in [9.17, 15) is 20.1 Å². The van der Waals surface area contributed by atoms with E-state index in [0.29, 0.717) is 12.8 Å². The van der Waals surface area contributed by atoms with Gasteiger partial charge in [0, 0.05) is 0 Å². The standard InChI is InChI=1S/C44H89NO4/c1-3-5-7-9-11-13-15-17-19-21-23-25-27-29-31-33-35-37-41(47)39-44(49)45-42(40-46)43(48)38-36-34-32-30-28-26-24-22-20-18-16-14-12-10-8-6-4-2/h41-43,46-48H,3-40H2,1-2H3,(H,45,49). The molecule has 49 heavy (non-hydrogen) atoms. The number of carbonyl (C=O) groups excluding carboxylic acids is 1. The molecule has 0 rings (SSSR count). The van der Waals surface area contributed by atoms with Crippen LogP contribution >= 0.6 is 0 Å². The molecule has 5 nitrogen and oxygen atoms in total. The first-order valence-electron chi connectivity index (χ1n) is 22.3. The number of hydrogen-bond donors (Lipinski definition) is 4. The lowest BCUT2D eigenvalue weighted by Crippen LogP contribution is -2.46. The molecule has 0 aromatic rings. The van der Waals surface area contributed by atoms with Crippen LogP contribution in [-0.4, -0.2) is 46.1 Å². The minimum atomic E-state index is -0.743. The average molecular weight is 696 g/mol. The molecular formula is C44H89NO4. The van der Waals surface area contributed by atoms with Crippen LogP contribution in [0.5, 0.6) is 0 Å². The molecule has 5 heteroatoms. The third-order valence-electron chi connectivity index (χ3n) is 10.7. The van der Waals surface area contributed by atoms with E-state index in [0.717, 1.165) is 25.7 Å². The molecule has 0 saturated heterocycles. The van der Waals surface area contributed by atoms with Crippen molar-refractivity contribution in [3.63, 3.8) is 0 Å². The molecule has 0 saturated carbocycles. The van der Waals surface area contributed by atoms with Crippen molar-refractivity contribution in [2.75, 3.05) is 6.61 Å². The SMILES string of the molecule is CCCCCCCCCCCCCCCCCCCC(O)CC(=O)NC(CO)C(O)CCCCCCCCCCCCCCCCCCC. The van der Waals surface area contributed by atoms with E-state index in [4.69, 9.17) is 0 Å². The number of nitrogens with one attached hydrogen (secondary N) is 1. The first kappa shape index (κ1) is 48.3.